The number of nitrogens with one attached hydrogen (secondary N) is 1. The van der Waals surface area contributed by atoms with Crippen LogP contribution in [0, 0.1) is 10.5 Å². The second-order valence-electron chi connectivity index (χ2n) is 4.41. The van der Waals surface area contributed by atoms with E-state index in [1.54, 1.807) is 12.1 Å². The summed E-state index contributed by atoms with van der Waals surface area (Å²) >= 11 is 2.17. The third-order valence-corrected chi connectivity index (χ3v) is 3.48. The zero-order valence-electron chi connectivity index (χ0n) is 11.0. The van der Waals surface area contributed by atoms with Crippen molar-refractivity contribution in [2.45, 2.75) is 13.1 Å². The Hall–Kier alpha value is -1.44. The summed E-state index contributed by atoms with van der Waals surface area (Å²) in [6.07, 6.45) is -0.553. The molecule has 0 aliphatic carbocycles. The molecular formula is C15H15IN2O2. The first-order chi connectivity index (χ1) is 9.56. The molecule has 0 spiro atoms. The van der Waals surface area contributed by atoms with Crippen molar-refractivity contribution in [3.63, 3.8) is 0 Å². The Kier molecular flexibility index (Phi) is 5.11. The van der Waals surface area contributed by atoms with E-state index in [-0.39, 0.29) is 0 Å². The van der Waals surface area contributed by atoms with Crippen LogP contribution < -0.4 is 11.2 Å². The summed E-state index contributed by atoms with van der Waals surface area (Å²) in [7, 11) is 0. The molecule has 5 heteroatoms. The van der Waals surface area contributed by atoms with Gasteiger partial charge in [0.05, 0.1) is 5.56 Å². The summed E-state index contributed by atoms with van der Waals surface area (Å²) in [6.45, 7) is 1.98. The molecule has 2 rings (SSSR count). The smallest absolute Gasteiger partial charge is 0.356 e. The fraction of sp³-hybridized carbons (Fsp3) is 0.133. The van der Waals surface area contributed by atoms with Gasteiger partial charge in [0.25, 0.3) is 0 Å². The second kappa shape index (κ2) is 6.83. The number of hydrogen-bond acceptors (Lipinski definition) is 4. The van der Waals surface area contributed by atoms with Crippen molar-refractivity contribution in [2.75, 3.05) is 0 Å². The van der Waals surface area contributed by atoms with E-state index in [2.05, 4.69) is 28.1 Å². The molecule has 0 radical (unpaired) electrons. The molecule has 104 valence electrons. The molecule has 1 unspecified atom stereocenters. The summed E-state index contributed by atoms with van der Waals surface area (Å²) in [4.78, 5) is 16.8. The molecule has 2 aromatic rings. The van der Waals surface area contributed by atoms with Gasteiger partial charge in [-0.3, -0.25) is 0 Å². The van der Waals surface area contributed by atoms with E-state index < -0.39 is 12.1 Å². The lowest BCUT2D eigenvalue weighted by atomic mass is 10.1. The molecule has 0 saturated carbocycles. The maximum Gasteiger partial charge on any atom is 0.356 e. The zero-order valence-corrected chi connectivity index (χ0v) is 13.1. The number of halogens is 1. The largest absolute Gasteiger partial charge is 0.365 e. The van der Waals surface area contributed by atoms with Gasteiger partial charge in [-0.25, -0.2) is 4.79 Å². The number of benzene rings is 2. The molecule has 1 atom stereocenters. The second-order valence-corrected chi connectivity index (χ2v) is 5.65. The van der Waals surface area contributed by atoms with Crippen LogP contribution in [-0.2, 0) is 4.84 Å². The highest BCUT2D eigenvalue weighted by Crippen LogP contribution is 2.11. The number of carbonyl (C=O) groups excluding carboxylic acids is 1. The first-order valence-electron chi connectivity index (χ1n) is 6.10. The van der Waals surface area contributed by atoms with Crippen LogP contribution in [0.4, 0.5) is 0 Å². The first kappa shape index (κ1) is 15.0. The summed E-state index contributed by atoms with van der Waals surface area (Å²) in [5.41, 5.74) is 10.9. The minimum atomic E-state index is -0.553. The Morgan fingerprint density at radius 2 is 1.95 bits per heavy atom. The van der Waals surface area contributed by atoms with Crippen LogP contribution in [0.25, 0.3) is 0 Å². The SMILES string of the molecule is Cc1cccc(C(N)NOC(=O)c2ccc(I)cc2)c1. The fourth-order valence-corrected chi connectivity index (χ4v) is 2.05. The van der Waals surface area contributed by atoms with Crippen LogP contribution in [0.2, 0.25) is 0 Å². The molecule has 3 N–H and O–H groups in total. The fourth-order valence-electron chi connectivity index (χ4n) is 1.69. The van der Waals surface area contributed by atoms with E-state index in [1.807, 2.05) is 43.3 Å². The Balaban J connectivity index is 1.94. The maximum atomic E-state index is 11.8. The van der Waals surface area contributed by atoms with E-state index >= 15 is 0 Å². The number of rotatable bonds is 4. The molecule has 4 nitrogen and oxygen atoms in total. The summed E-state index contributed by atoms with van der Waals surface area (Å²) in [5, 5.41) is 0. The molecule has 0 aromatic heterocycles. The number of aryl methyl sites for hydroxylation is 1. The van der Waals surface area contributed by atoms with Crippen molar-refractivity contribution in [3.8, 4) is 0 Å². The normalized spacial score (nSPS) is 11.9. The first-order valence-corrected chi connectivity index (χ1v) is 7.18. The van der Waals surface area contributed by atoms with Crippen molar-refractivity contribution in [2.24, 2.45) is 5.73 Å². The zero-order chi connectivity index (χ0) is 14.5. The van der Waals surface area contributed by atoms with Crippen molar-refractivity contribution in [3.05, 3.63) is 68.8 Å². The molecule has 0 bridgehead atoms. The van der Waals surface area contributed by atoms with Crippen molar-refractivity contribution in [1.82, 2.24) is 5.48 Å². The van der Waals surface area contributed by atoms with Gasteiger partial charge in [-0.1, -0.05) is 29.8 Å². The molecule has 2 aromatic carbocycles. The summed E-state index contributed by atoms with van der Waals surface area (Å²) in [6, 6.07) is 14.8. The molecule has 0 fully saturated rings. The van der Waals surface area contributed by atoms with Gasteiger partial charge in [-0.2, -0.15) is 0 Å². The quantitative estimate of drug-likeness (QED) is 0.485. The lowest BCUT2D eigenvalue weighted by molar-refractivity contribution is 0.0157. The minimum absolute atomic E-state index is 0.454. The number of hydrogen-bond donors (Lipinski definition) is 2. The average molecular weight is 382 g/mol. The van der Waals surface area contributed by atoms with Crippen LogP contribution in [0.15, 0.2) is 48.5 Å². The maximum absolute atomic E-state index is 11.8. The van der Waals surface area contributed by atoms with Crippen LogP contribution in [0.3, 0.4) is 0 Å². The monoisotopic (exact) mass is 382 g/mol. The molecule has 0 heterocycles. The lowest BCUT2D eigenvalue weighted by Gasteiger charge is -2.14. The van der Waals surface area contributed by atoms with Crippen LogP contribution in [0.1, 0.15) is 27.7 Å². The highest BCUT2D eigenvalue weighted by atomic mass is 127. The Labute approximate surface area is 131 Å². The van der Waals surface area contributed by atoms with Gasteiger partial charge < -0.3 is 10.6 Å². The standard InChI is InChI=1S/C15H15IN2O2/c1-10-3-2-4-12(9-10)14(17)18-20-15(19)11-5-7-13(16)8-6-11/h2-9,14,18H,17H2,1H3. The summed E-state index contributed by atoms with van der Waals surface area (Å²) < 4.78 is 1.06. The molecule has 0 aliphatic heterocycles. The molecular weight excluding hydrogens is 367 g/mol. The topological polar surface area (TPSA) is 64.3 Å². The highest BCUT2D eigenvalue weighted by molar-refractivity contribution is 14.1. The van der Waals surface area contributed by atoms with Gasteiger partial charge in [0.1, 0.15) is 6.17 Å². The number of carbonyl (C=O) groups is 1. The number of hydroxylamine groups is 1. The Bertz CT molecular complexity index is 599. The third kappa shape index (κ3) is 4.03. The number of nitrogens with two attached hydrogens (primary N) is 1. The average Bonchev–Trinajstić information content (AvgIpc) is 2.45. The van der Waals surface area contributed by atoms with Gasteiger partial charge in [0.15, 0.2) is 0 Å². The highest BCUT2D eigenvalue weighted by Gasteiger charge is 2.11. The predicted molar refractivity (Wildman–Crippen MR) is 85.8 cm³/mol. The minimum Gasteiger partial charge on any atom is -0.365 e. The Morgan fingerprint density at radius 3 is 2.60 bits per heavy atom. The van der Waals surface area contributed by atoms with Gasteiger partial charge in [-0.05, 0) is 59.3 Å². The van der Waals surface area contributed by atoms with E-state index in [4.69, 9.17) is 10.6 Å². The Morgan fingerprint density at radius 1 is 1.25 bits per heavy atom. The van der Waals surface area contributed by atoms with Gasteiger partial charge in [-0.15, -0.1) is 5.48 Å². The van der Waals surface area contributed by atoms with E-state index in [0.29, 0.717) is 5.56 Å². The lowest BCUT2D eigenvalue weighted by Crippen LogP contribution is -2.31. The molecule has 0 saturated heterocycles. The van der Waals surface area contributed by atoms with E-state index in [9.17, 15) is 4.79 Å². The van der Waals surface area contributed by atoms with Gasteiger partial charge >= 0.3 is 5.97 Å². The van der Waals surface area contributed by atoms with Gasteiger partial charge in [0.2, 0.25) is 0 Å². The van der Waals surface area contributed by atoms with Crippen LogP contribution in [-0.4, -0.2) is 5.97 Å². The van der Waals surface area contributed by atoms with E-state index in [0.717, 1.165) is 14.7 Å². The molecule has 20 heavy (non-hydrogen) atoms. The van der Waals surface area contributed by atoms with E-state index in [1.165, 1.54) is 0 Å². The predicted octanol–water partition coefficient (Wildman–Crippen LogP) is 2.92. The van der Waals surface area contributed by atoms with Crippen molar-refractivity contribution < 1.29 is 9.63 Å². The van der Waals surface area contributed by atoms with Crippen LogP contribution >= 0.6 is 22.6 Å². The van der Waals surface area contributed by atoms with Crippen LogP contribution in [0.5, 0.6) is 0 Å². The third-order valence-electron chi connectivity index (χ3n) is 2.76. The van der Waals surface area contributed by atoms with Gasteiger partial charge in [0, 0.05) is 3.57 Å². The summed E-state index contributed by atoms with van der Waals surface area (Å²) in [5.74, 6) is -0.454. The molecule has 0 aliphatic rings. The van der Waals surface area contributed by atoms with Crippen molar-refractivity contribution in [1.29, 1.82) is 0 Å². The molecule has 0 amide bonds. The van der Waals surface area contributed by atoms with Crippen molar-refractivity contribution >= 4 is 28.6 Å².